The van der Waals surface area contributed by atoms with E-state index in [2.05, 4.69) is 5.43 Å². The quantitative estimate of drug-likeness (QED) is 0.490. The number of carbonyl (C=O) groups excluding carboxylic acids is 2. The molecule has 0 spiro atoms. The van der Waals surface area contributed by atoms with E-state index < -0.39 is 6.03 Å². The topological polar surface area (TPSA) is 84.2 Å². The molecule has 0 aliphatic carbocycles. The summed E-state index contributed by atoms with van der Waals surface area (Å²) in [5.74, 6) is 0.838. The van der Waals surface area contributed by atoms with Crippen LogP contribution in [0.4, 0.5) is 4.79 Å². The molecule has 6 heteroatoms. The van der Waals surface area contributed by atoms with Gasteiger partial charge in [0.1, 0.15) is 0 Å². The van der Waals surface area contributed by atoms with Crippen LogP contribution in [0.25, 0.3) is 0 Å². The summed E-state index contributed by atoms with van der Waals surface area (Å²) < 4.78 is 0. The van der Waals surface area contributed by atoms with Crippen LogP contribution in [-0.2, 0) is 4.79 Å². The molecular formula is C6H11N3O2S. The highest BCUT2D eigenvalue weighted by atomic mass is 32.2. The lowest BCUT2D eigenvalue weighted by molar-refractivity contribution is -0.121. The van der Waals surface area contributed by atoms with Gasteiger partial charge in [0.05, 0.1) is 5.25 Å². The van der Waals surface area contributed by atoms with Crippen molar-refractivity contribution in [1.82, 2.24) is 10.9 Å². The maximum Gasteiger partial charge on any atom is 0.330 e. The van der Waals surface area contributed by atoms with Crippen molar-refractivity contribution in [3.05, 3.63) is 0 Å². The van der Waals surface area contributed by atoms with Gasteiger partial charge in [-0.05, 0) is 18.6 Å². The zero-order chi connectivity index (χ0) is 8.97. The smallest absolute Gasteiger partial charge is 0.330 e. The molecule has 1 heterocycles. The minimum absolute atomic E-state index is 0.0307. The fourth-order valence-corrected chi connectivity index (χ4v) is 2.15. The second kappa shape index (κ2) is 4.20. The molecule has 12 heavy (non-hydrogen) atoms. The van der Waals surface area contributed by atoms with E-state index >= 15 is 0 Å². The number of amides is 3. The summed E-state index contributed by atoms with van der Waals surface area (Å²) in [6.45, 7) is 0. The molecule has 0 bridgehead atoms. The number of hydrogen-bond acceptors (Lipinski definition) is 3. The molecule has 1 aliphatic heterocycles. The maximum atomic E-state index is 11.1. The molecule has 4 N–H and O–H groups in total. The molecule has 0 saturated carbocycles. The normalized spacial score (nSPS) is 21.8. The van der Waals surface area contributed by atoms with Gasteiger partial charge in [0, 0.05) is 0 Å². The molecule has 3 amide bonds. The third-order valence-electron chi connectivity index (χ3n) is 1.53. The second-order valence-corrected chi connectivity index (χ2v) is 3.79. The highest BCUT2D eigenvalue weighted by Gasteiger charge is 2.23. The van der Waals surface area contributed by atoms with E-state index in [0.29, 0.717) is 0 Å². The van der Waals surface area contributed by atoms with E-state index in [-0.39, 0.29) is 11.2 Å². The van der Waals surface area contributed by atoms with Gasteiger partial charge < -0.3 is 5.73 Å². The first-order valence-electron chi connectivity index (χ1n) is 3.67. The van der Waals surface area contributed by atoms with Crippen LogP contribution in [0, 0.1) is 0 Å². The number of hydrazine groups is 1. The SMILES string of the molecule is NC(=O)NNC(=O)C1CCCS1. The Morgan fingerprint density at radius 3 is 2.67 bits per heavy atom. The lowest BCUT2D eigenvalue weighted by Gasteiger charge is -2.08. The van der Waals surface area contributed by atoms with E-state index in [1.54, 1.807) is 11.8 Å². The molecule has 1 unspecified atom stereocenters. The van der Waals surface area contributed by atoms with Gasteiger partial charge in [-0.1, -0.05) is 0 Å². The minimum atomic E-state index is -0.744. The Morgan fingerprint density at radius 2 is 2.17 bits per heavy atom. The summed E-state index contributed by atoms with van der Waals surface area (Å²) >= 11 is 1.60. The lowest BCUT2D eigenvalue weighted by atomic mass is 10.2. The van der Waals surface area contributed by atoms with Crippen molar-refractivity contribution >= 4 is 23.7 Å². The molecule has 1 fully saturated rings. The van der Waals surface area contributed by atoms with Crippen LogP contribution in [0.1, 0.15) is 12.8 Å². The van der Waals surface area contributed by atoms with E-state index in [4.69, 9.17) is 5.73 Å². The van der Waals surface area contributed by atoms with Gasteiger partial charge in [0.2, 0.25) is 0 Å². The Bertz CT molecular complexity index is 191. The Kier molecular flexibility index (Phi) is 3.21. The first-order chi connectivity index (χ1) is 5.70. The van der Waals surface area contributed by atoms with Crippen LogP contribution in [0.3, 0.4) is 0 Å². The second-order valence-electron chi connectivity index (χ2n) is 2.48. The van der Waals surface area contributed by atoms with E-state index in [0.717, 1.165) is 18.6 Å². The average molecular weight is 189 g/mol. The van der Waals surface area contributed by atoms with Gasteiger partial charge >= 0.3 is 6.03 Å². The van der Waals surface area contributed by atoms with E-state index in [1.165, 1.54) is 0 Å². The number of hydrogen-bond donors (Lipinski definition) is 3. The minimum Gasteiger partial charge on any atom is -0.350 e. The number of urea groups is 1. The molecule has 0 radical (unpaired) electrons. The van der Waals surface area contributed by atoms with Crippen LogP contribution >= 0.6 is 11.8 Å². The van der Waals surface area contributed by atoms with Crippen molar-refractivity contribution in [1.29, 1.82) is 0 Å². The Balaban J connectivity index is 2.23. The maximum absolute atomic E-state index is 11.1. The first kappa shape index (κ1) is 9.18. The van der Waals surface area contributed by atoms with E-state index in [9.17, 15) is 9.59 Å². The van der Waals surface area contributed by atoms with Gasteiger partial charge in [-0.3, -0.25) is 10.2 Å². The number of primary amides is 1. The van der Waals surface area contributed by atoms with Crippen molar-refractivity contribution < 1.29 is 9.59 Å². The molecule has 5 nitrogen and oxygen atoms in total. The highest BCUT2D eigenvalue weighted by Crippen LogP contribution is 2.25. The fraction of sp³-hybridized carbons (Fsp3) is 0.667. The van der Waals surface area contributed by atoms with Gasteiger partial charge in [-0.25, -0.2) is 10.2 Å². The molecule has 1 rings (SSSR count). The van der Waals surface area contributed by atoms with Gasteiger partial charge in [0.15, 0.2) is 0 Å². The number of nitrogens with one attached hydrogen (secondary N) is 2. The number of thioether (sulfide) groups is 1. The summed E-state index contributed by atoms with van der Waals surface area (Å²) in [4.78, 5) is 21.4. The summed E-state index contributed by atoms with van der Waals surface area (Å²) in [6.07, 6.45) is 1.93. The molecule has 1 aliphatic rings. The molecule has 0 aromatic heterocycles. The first-order valence-corrected chi connectivity index (χ1v) is 4.72. The summed E-state index contributed by atoms with van der Waals surface area (Å²) in [7, 11) is 0. The van der Waals surface area contributed by atoms with Crippen LogP contribution in [-0.4, -0.2) is 22.9 Å². The third kappa shape index (κ3) is 2.61. The molecule has 1 atom stereocenters. The predicted octanol–water partition coefficient (Wildman–Crippen LogP) is -0.419. The molecular weight excluding hydrogens is 178 g/mol. The predicted molar refractivity (Wildman–Crippen MR) is 46.3 cm³/mol. The van der Waals surface area contributed by atoms with E-state index in [1.807, 2.05) is 5.43 Å². The van der Waals surface area contributed by atoms with Crippen molar-refractivity contribution in [3.63, 3.8) is 0 Å². The summed E-state index contributed by atoms with van der Waals surface area (Å²) in [5, 5.41) is -0.0307. The fourth-order valence-electron chi connectivity index (χ4n) is 0.988. The van der Waals surface area contributed by atoms with Crippen molar-refractivity contribution in [2.45, 2.75) is 18.1 Å². The number of nitrogens with two attached hydrogens (primary N) is 1. The van der Waals surface area contributed by atoms with Crippen LogP contribution in [0.5, 0.6) is 0 Å². The van der Waals surface area contributed by atoms with Crippen LogP contribution in [0.2, 0.25) is 0 Å². The Hall–Kier alpha value is -0.910. The third-order valence-corrected chi connectivity index (χ3v) is 2.91. The number of carbonyl (C=O) groups is 2. The van der Waals surface area contributed by atoms with Gasteiger partial charge in [-0.2, -0.15) is 0 Å². The lowest BCUT2D eigenvalue weighted by Crippen LogP contribution is -2.47. The standard InChI is InChI=1S/C6H11N3O2S/c7-6(11)9-8-5(10)4-2-1-3-12-4/h4H,1-3H2,(H,8,10)(H3,7,9,11). The number of rotatable bonds is 1. The zero-order valence-electron chi connectivity index (χ0n) is 6.50. The van der Waals surface area contributed by atoms with Crippen molar-refractivity contribution in [3.8, 4) is 0 Å². The molecule has 68 valence electrons. The van der Waals surface area contributed by atoms with Crippen LogP contribution < -0.4 is 16.6 Å². The largest absolute Gasteiger partial charge is 0.350 e. The van der Waals surface area contributed by atoms with Crippen LogP contribution in [0.15, 0.2) is 0 Å². The summed E-state index contributed by atoms with van der Waals surface area (Å²) in [5.41, 5.74) is 9.06. The molecule has 0 aromatic carbocycles. The monoisotopic (exact) mass is 189 g/mol. The Morgan fingerprint density at radius 1 is 1.42 bits per heavy atom. The van der Waals surface area contributed by atoms with Gasteiger partial charge in [-0.15, -0.1) is 11.8 Å². The molecule has 0 aromatic rings. The zero-order valence-corrected chi connectivity index (χ0v) is 7.32. The highest BCUT2D eigenvalue weighted by molar-refractivity contribution is 8.00. The Labute approximate surface area is 74.4 Å². The van der Waals surface area contributed by atoms with Crippen molar-refractivity contribution in [2.75, 3.05) is 5.75 Å². The summed E-state index contributed by atoms with van der Waals surface area (Å²) in [6, 6.07) is -0.744. The van der Waals surface area contributed by atoms with Crippen molar-refractivity contribution in [2.24, 2.45) is 5.73 Å². The average Bonchev–Trinajstić information content (AvgIpc) is 2.51. The van der Waals surface area contributed by atoms with Gasteiger partial charge in [0.25, 0.3) is 5.91 Å². The molecule has 1 saturated heterocycles.